The summed E-state index contributed by atoms with van der Waals surface area (Å²) >= 11 is 0. The third-order valence-electron chi connectivity index (χ3n) is 4.77. The van der Waals surface area contributed by atoms with Crippen LogP contribution in [0.3, 0.4) is 0 Å². The highest BCUT2D eigenvalue weighted by Crippen LogP contribution is 2.30. The second-order valence-corrected chi connectivity index (χ2v) is 5.98. The smallest absolute Gasteiger partial charge is 0.0577 e. The Morgan fingerprint density at radius 3 is 2.65 bits per heavy atom. The first-order valence-electron chi connectivity index (χ1n) is 7.59. The molecule has 2 aliphatic carbocycles. The Morgan fingerprint density at radius 1 is 1.12 bits per heavy atom. The molecule has 0 saturated heterocycles. The predicted molar refractivity (Wildman–Crippen MR) is 70.0 cm³/mol. The number of hydrogen-bond donors (Lipinski definition) is 1. The van der Waals surface area contributed by atoms with Crippen LogP contribution < -0.4 is 0 Å². The van der Waals surface area contributed by atoms with Gasteiger partial charge in [-0.3, -0.25) is 0 Å². The molecule has 0 radical (unpaired) electrons. The van der Waals surface area contributed by atoms with Crippen LogP contribution in [0.4, 0.5) is 0 Å². The van der Waals surface area contributed by atoms with Gasteiger partial charge in [0.05, 0.1) is 12.2 Å². The van der Waals surface area contributed by atoms with E-state index in [2.05, 4.69) is 6.92 Å². The van der Waals surface area contributed by atoms with Crippen molar-refractivity contribution in [2.24, 2.45) is 11.8 Å². The second kappa shape index (κ2) is 6.75. The Morgan fingerprint density at radius 2 is 1.94 bits per heavy atom. The zero-order valence-corrected chi connectivity index (χ0v) is 11.2. The SMILES string of the molecule is CCC1CCCC(OCCC2CCCC2O)C1. The maximum absolute atomic E-state index is 9.75. The Hall–Kier alpha value is -0.0800. The fourth-order valence-corrected chi connectivity index (χ4v) is 3.50. The first-order chi connectivity index (χ1) is 8.29. The van der Waals surface area contributed by atoms with Gasteiger partial charge in [0, 0.05) is 6.61 Å². The standard InChI is InChI=1S/C15H28O2/c1-2-12-5-3-7-14(11-12)17-10-9-13-6-4-8-15(13)16/h12-16H,2-11H2,1H3. The van der Waals surface area contributed by atoms with Gasteiger partial charge in [0.2, 0.25) is 0 Å². The molecule has 0 aromatic carbocycles. The number of hydrogen-bond acceptors (Lipinski definition) is 2. The lowest BCUT2D eigenvalue weighted by atomic mass is 9.85. The lowest BCUT2D eigenvalue weighted by Crippen LogP contribution is -2.24. The van der Waals surface area contributed by atoms with Crippen LogP contribution in [-0.2, 0) is 4.74 Å². The molecule has 17 heavy (non-hydrogen) atoms. The Balaban J connectivity index is 1.61. The van der Waals surface area contributed by atoms with Crippen LogP contribution in [0.25, 0.3) is 0 Å². The molecular formula is C15H28O2. The highest BCUT2D eigenvalue weighted by molar-refractivity contribution is 4.77. The van der Waals surface area contributed by atoms with E-state index in [0.717, 1.165) is 25.4 Å². The Bertz CT molecular complexity index is 217. The van der Waals surface area contributed by atoms with Crippen LogP contribution in [0.15, 0.2) is 0 Å². The van der Waals surface area contributed by atoms with Gasteiger partial charge in [0.1, 0.15) is 0 Å². The van der Waals surface area contributed by atoms with Gasteiger partial charge < -0.3 is 9.84 Å². The molecule has 2 heteroatoms. The van der Waals surface area contributed by atoms with Crippen molar-refractivity contribution >= 4 is 0 Å². The van der Waals surface area contributed by atoms with E-state index in [-0.39, 0.29) is 6.10 Å². The number of aliphatic hydroxyl groups is 1. The molecule has 4 unspecified atom stereocenters. The normalized spacial score (nSPS) is 38.5. The molecule has 2 rings (SSSR count). The third kappa shape index (κ3) is 3.96. The van der Waals surface area contributed by atoms with E-state index < -0.39 is 0 Å². The van der Waals surface area contributed by atoms with Crippen molar-refractivity contribution in [3.8, 4) is 0 Å². The topological polar surface area (TPSA) is 29.5 Å². The maximum Gasteiger partial charge on any atom is 0.0577 e. The molecule has 2 fully saturated rings. The van der Waals surface area contributed by atoms with Crippen molar-refractivity contribution in [1.29, 1.82) is 0 Å². The van der Waals surface area contributed by atoms with Gasteiger partial charge in [-0.05, 0) is 43.9 Å². The minimum atomic E-state index is -0.0478. The van der Waals surface area contributed by atoms with Crippen molar-refractivity contribution in [2.75, 3.05) is 6.61 Å². The minimum Gasteiger partial charge on any atom is -0.393 e. The van der Waals surface area contributed by atoms with E-state index in [4.69, 9.17) is 4.74 Å². The lowest BCUT2D eigenvalue weighted by molar-refractivity contribution is -0.000787. The van der Waals surface area contributed by atoms with Gasteiger partial charge in [0.15, 0.2) is 0 Å². The average molecular weight is 240 g/mol. The molecule has 2 saturated carbocycles. The summed E-state index contributed by atoms with van der Waals surface area (Å²) in [6, 6.07) is 0. The third-order valence-corrected chi connectivity index (χ3v) is 4.77. The number of aliphatic hydroxyl groups excluding tert-OH is 1. The first-order valence-corrected chi connectivity index (χ1v) is 7.59. The Labute approximate surface area is 106 Å². The Kier molecular flexibility index (Phi) is 5.30. The summed E-state index contributed by atoms with van der Waals surface area (Å²) in [4.78, 5) is 0. The molecule has 0 amide bonds. The molecule has 4 atom stereocenters. The number of rotatable bonds is 5. The van der Waals surface area contributed by atoms with Crippen LogP contribution in [0.5, 0.6) is 0 Å². The van der Waals surface area contributed by atoms with Gasteiger partial charge in [-0.2, -0.15) is 0 Å². The first kappa shape index (κ1) is 13.4. The zero-order valence-electron chi connectivity index (χ0n) is 11.2. The maximum atomic E-state index is 9.75. The summed E-state index contributed by atoms with van der Waals surface area (Å²) in [6.45, 7) is 3.16. The predicted octanol–water partition coefficient (Wildman–Crippen LogP) is 3.52. The summed E-state index contributed by atoms with van der Waals surface area (Å²) in [5.41, 5.74) is 0. The average Bonchev–Trinajstić information content (AvgIpc) is 2.76. The van der Waals surface area contributed by atoms with E-state index in [9.17, 15) is 5.11 Å². The molecule has 0 aliphatic heterocycles. The molecule has 0 aromatic heterocycles. The highest BCUT2D eigenvalue weighted by Gasteiger charge is 2.26. The fraction of sp³-hybridized carbons (Fsp3) is 1.00. The van der Waals surface area contributed by atoms with Gasteiger partial charge in [-0.15, -0.1) is 0 Å². The van der Waals surface area contributed by atoms with E-state index in [1.54, 1.807) is 0 Å². The fourth-order valence-electron chi connectivity index (χ4n) is 3.50. The number of ether oxygens (including phenoxy) is 1. The molecule has 2 aliphatic rings. The van der Waals surface area contributed by atoms with Crippen molar-refractivity contribution in [3.05, 3.63) is 0 Å². The minimum absolute atomic E-state index is 0.0478. The highest BCUT2D eigenvalue weighted by atomic mass is 16.5. The van der Waals surface area contributed by atoms with Gasteiger partial charge >= 0.3 is 0 Å². The van der Waals surface area contributed by atoms with Crippen LogP contribution in [0.1, 0.15) is 64.7 Å². The summed E-state index contributed by atoms with van der Waals surface area (Å²) in [5, 5.41) is 9.75. The van der Waals surface area contributed by atoms with Crippen molar-refractivity contribution in [3.63, 3.8) is 0 Å². The largest absolute Gasteiger partial charge is 0.393 e. The van der Waals surface area contributed by atoms with E-state index in [0.29, 0.717) is 12.0 Å². The molecule has 2 nitrogen and oxygen atoms in total. The zero-order chi connectivity index (χ0) is 12.1. The van der Waals surface area contributed by atoms with Crippen molar-refractivity contribution in [1.82, 2.24) is 0 Å². The molecule has 0 bridgehead atoms. The van der Waals surface area contributed by atoms with E-state index in [1.807, 2.05) is 0 Å². The van der Waals surface area contributed by atoms with Crippen LogP contribution >= 0.6 is 0 Å². The van der Waals surface area contributed by atoms with Gasteiger partial charge in [-0.1, -0.05) is 32.6 Å². The molecule has 0 spiro atoms. The van der Waals surface area contributed by atoms with Crippen LogP contribution in [0.2, 0.25) is 0 Å². The van der Waals surface area contributed by atoms with E-state index >= 15 is 0 Å². The van der Waals surface area contributed by atoms with E-state index in [1.165, 1.54) is 44.9 Å². The second-order valence-electron chi connectivity index (χ2n) is 5.98. The summed E-state index contributed by atoms with van der Waals surface area (Å²) in [5.74, 6) is 1.41. The van der Waals surface area contributed by atoms with Crippen molar-refractivity contribution in [2.45, 2.75) is 76.9 Å². The molecule has 0 aromatic rings. The molecular weight excluding hydrogens is 212 g/mol. The molecule has 1 N–H and O–H groups in total. The van der Waals surface area contributed by atoms with Gasteiger partial charge in [-0.25, -0.2) is 0 Å². The summed E-state index contributed by atoms with van der Waals surface area (Å²) in [7, 11) is 0. The van der Waals surface area contributed by atoms with Gasteiger partial charge in [0.25, 0.3) is 0 Å². The quantitative estimate of drug-likeness (QED) is 0.796. The summed E-state index contributed by atoms with van der Waals surface area (Å²) < 4.78 is 6.01. The van der Waals surface area contributed by atoms with Crippen molar-refractivity contribution < 1.29 is 9.84 Å². The monoisotopic (exact) mass is 240 g/mol. The van der Waals surface area contributed by atoms with Crippen LogP contribution in [-0.4, -0.2) is 23.9 Å². The molecule has 100 valence electrons. The lowest BCUT2D eigenvalue weighted by Gasteiger charge is -2.29. The summed E-state index contributed by atoms with van der Waals surface area (Å²) in [6.07, 6.45) is 11.5. The molecule has 0 heterocycles. The van der Waals surface area contributed by atoms with Crippen LogP contribution in [0, 0.1) is 11.8 Å².